The van der Waals surface area contributed by atoms with E-state index in [0.717, 1.165) is 6.54 Å². The Hall–Kier alpha value is -1.71. The van der Waals surface area contributed by atoms with Gasteiger partial charge in [0.1, 0.15) is 5.82 Å². The van der Waals surface area contributed by atoms with Crippen LogP contribution >= 0.6 is 0 Å². The minimum Gasteiger partial charge on any atom is -0.311 e. The Morgan fingerprint density at radius 2 is 1.56 bits per heavy atom. The highest BCUT2D eigenvalue weighted by atomic mass is 19.1. The Bertz CT molecular complexity index is 656. The zero-order chi connectivity index (χ0) is 17.1. The van der Waals surface area contributed by atoms with Crippen molar-refractivity contribution in [3.63, 3.8) is 0 Å². The van der Waals surface area contributed by atoms with Gasteiger partial charge >= 0.3 is 0 Å². The Morgan fingerprint density at radius 3 is 2.24 bits per heavy atom. The van der Waals surface area contributed by atoms with Crippen LogP contribution in [0.3, 0.4) is 0 Å². The predicted octanol–water partition coefficient (Wildman–Crippen LogP) is 4.33. The number of nitrogens with zero attached hydrogens (tertiary/aromatic N) is 1. The third kappa shape index (κ3) is 4.28. The Morgan fingerprint density at radius 1 is 0.880 bits per heavy atom. The van der Waals surface area contributed by atoms with Crippen molar-refractivity contribution >= 4 is 0 Å². The summed E-state index contributed by atoms with van der Waals surface area (Å²) in [5.74, 6) is 0.469. The lowest BCUT2D eigenvalue weighted by molar-refractivity contribution is 0.165. The topological polar surface area (TPSA) is 15.3 Å². The number of nitrogens with one attached hydrogen (secondary N) is 1. The molecule has 1 heterocycles. The van der Waals surface area contributed by atoms with Crippen molar-refractivity contribution in [2.24, 2.45) is 0 Å². The third-order valence-corrected chi connectivity index (χ3v) is 5.79. The maximum atomic E-state index is 13.0. The van der Waals surface area contributed by atoms with E-state index >= 15 is 0 Å². The Kier molecular flexibility index (Phi) is 5.14. The maximum absolute atomic E-state index is 13.0. The van der Waals surface area contributed by atoms with Gasteiger partial charge in [-0.15, -0.1) is 0 Å². The van der Waals surface area contributed by atoms with Gasteiger partial charge in [-0.3, -0.25) is 4.90 Å². The summed E-state index contributed by atoms with van der Waals surface area (Å²) in [7, 11) is 0. The molecule has 1 N–H and O–H groups in total. The molecule has 132 valence electrons. The summed E-state index contributed by atoms with van der Waals surface area (Å²) in [5, 5.41) is 3.85. The molecule has 0 aromatic heterocycles. The number of likely N-dealkylation sites (tertiary alicyclic amines) is 1. The van der Waals surface area contributed by atoms with Crippen molar-refractivity contribution in [2.45, 2.75) is 50.2 Å². The molecular formula is C22H27FN2. The van der Waals surface area contributed by atoms with Gasteiger partial charge in [-0.1, -0.05) is 42.5 Å². The molecule has 1 saturated carbocycles. The lowest BCUT2D eigenvalue weighted by Gasteiger charge is -2.41. The summed E-state index contributed by atoms with van der Waals surface area (Å²) in [6, 6.07) is 19.1. The largest absolute Gasteiger partial charge is 0.311 e. The average molecular weight is 338 g/mol. The fourth-order valence-electron chi connectivity index (χ4n) is 4.19. The van der Waals surface area contributed by atoms with E-state index in [0.29, 0.717) is 18.0 Å². The molecule has 1 aliphatic carbocycles. The molecule has 0 radical (unpaired) electrons. The van der Waals surface area contributed by atoms with E-state index in [2.05, 4.69) is 40.5 Å². The second-order valence-electron chi connectivity index (χ2n) is 7.62. The van der Waals surface area contributed by atoms with Crippen LogP contribution in [-0.4, -0.2) is 30.1 Å². The fraction of sp³-hybridized carbons (Fsp3) is 0.455. The highest BCUT2D eigenvalue weighted by Crippen LogP contribution is 2.37. The van der Waals surface area contributed by atoms with Crippen molar-refractivity contribution in [3.05, 3.63) is 71.5 Å². The SMILES string of the molecule is Fc1ccc(C2CC(NC3CCN(Cc4ccccc4)CC3)C2)cc1. The molecule has 1 aliphatic heterocycles. The summed E-state index contributed by atoms with van der Waals surface area (Å²) in [5.41, 5.74) is 2.70. The molecule has 0 unspecified atom stereocenters. The van der Waals surface area contributed by atoms with Crippen LogP contribution in [0, 0.1) is 5.82 Å². The van der Waals surface area contributed by atoms with E-state index < -0.39 is 0 Å². The van der Waals surface area contributed by atoms with Gasteiger partial charge < -0.3 is 5.32 Å². The van der Waals surface area contributed by atoms with E-state index in [1.54, 1.807) is 12.1 Å². The first-order valence-corrected chi connectivity index (χ1v) is 9.54. The van der Waals surface area contributed by atoms with Crippen LogP contribution in [0.25, 0.3) is 0 Å². The van der Waals surface area contributed by atoms with Gasteiger partial charge in [0.25, 0.3) is 0 Å². The summed E-state index contributed by atoms with van der Waals surface area (Å²) in [6.45, 7) is 3.44. The van der Waals surface area contributed by atoms with Gasteiger partial charge in [-0.25, -0.2) is 4.39 Å². The van der Waals surface area contributed by atoms with Crippen molar-refractivity contribution in [3.8, 4) is 0 Å². The molecule has 2 aliphatic rings. The molecule has 3 heteroatoms. The van der Waals surface area contributed by atoms with Crippen molar-refractivity contribution in [2.75, 3.05) is 13.1 Å². The zero-order valence-corrected chi connectivity index (χ0v) is 14.7. The molecule has 0 amide bonds. The van der Waals surface area contributed by atoms with E-state index in [1.807, 2.05) is 12.1 Å². The first-order chi connectivity index (χ1) is 12.3. The number of benzene rings is 2. The monoisotopic (exact) mass is 338 g/mol. The van der Waals surface area contributed by atoms with Gasteiger partial charge in [0.05, 0.1) is 0 Å². The van der Waals surface area contributed by atoms with E-state index in [9.17, 15) is 4.39 Å². The highest BCUT2D eigenvalue weighted by Gasteiger charge is 2.32. The predicted molar refractivity (Wildman–Crippen MR) is 100 cm³/mol. The normalized spacial score (nSPS) is 24.8. The van der Waals surface area contributed by atoms with Gasteiger partial charge in [0.2, 0.25) is 0 Å². The quantitative estimate of drug-likeness (QED) is 0.873. The molecule has 4 rings (SSSR count). The number of hydrogen-bond acceptors (Lipinski definition) is 2. The molecule has 2 aromatic carbocycles. The molecule has 0 bridgehead atoms. The number of hydrogen-bond donors (Lipinski definition) is 1. The molecule has 0 atom stereocenters. The average Bonchev–Trinajstić information content (AvgIpc) is 2.61. The van der Waals surface area contributed by atoms with Crippen LogP contribution in [-0.2, 0) is 6.54 Å². The third-order valence-electron chi connectivity index (χ3n) is 5.79. The lowest BCUT2D eigenvalue weighted by Crippen LogP contribution is -2.49. The van der Waals surface area contributed by atoms with Crippen molar-refractivity contribution < 1.29 is 4.39 Å². The van der Waals surface area contributed by atoms with E-state index in [-0.39, 0.29) is 5.82 Å². The molecular weight excluding hydrogens is 311 g/mol. The number of rotatable bonds is 5. The molecule has 2 aromatic rings. The van der Waals surface area contributed by atoms with Crippen LogP contribution in [0.4, 0.5) is 4.39 Å². The molecule has 2 fully saturated rings. The van der Waals surface area contributed by atoms with Crippen molar-refractivity contribution in [1.82, 2.24) is 10.2 Å². The first kappa shape index (κ1) is 16.7. The van der Waals surface area contributed by atoms with Gasteiger partial charge in [0, 0.05) is 18.6 Å². The van der Waals surface area contributed by atoms with Gasteiger partial charge in [-0.2, -0.15) is 0 Å². The highest BCUT2D eigenvalue weighted by molar-refractivity contribution is 5.23. The zero-order valence-electron chi connectivity index (χ0n) is 14.7. The molecule has 2 nitrogen and oxygen atoms in total. The van der Waals surface area contributed by atoms with Gasteiger partial charge in [0.15, 0.2) is 0 Å². The minimum atomic E-state index is -0.139. The van der Waals surface area contributed by atoms with Crippen LogP contribution in [0.2, 0.25) is 0 Å². The molecule has 0 spiro atoms. The van der Waals surface area contributed by atoms with E-state index in [4.69, 9.17) is 0 Å². The van der Waals surface area contributed by atoms with Crippen LogP contribution in [0.5, 0.6) is 0 Å². The lowest BCUT2D eigenvalue weighted by atomic mass is 9.75. The van der Waals surface area contributed by atoms with Gasteiger partial charge in [-0.05, 0) is 68.0 Å². The standard InChI is InChI=1S/C22H27FN2/c23-20-8-6-18(7-9-20)19-14-22(15-19)24-21-10-12-25(13-11-21)16-17-4-2-1-3-5-17/h1-9,19,21-22,24H,10-16H2. The number of halogens is 1. The van der Waals surface area contributed by atoms with Crippen molar-refractivity contribution in [1.29, 1.82) is 0 Å². The summed E-state index contributed by atoms with van der Waals surface area (Å²) < 4.78 is 13.0. The molecule has 1 saturated heterocycles. The molecule has 25 heavy (non-hydrogen) atoms. The number of piperidine rings is 1. The first-order valence-electron chi connectivity index (χ1n) is 9.54. The second kappa shape index (κ2) is 7.67. The minimum absolute atomic E-state index is 0.139. The fourth-order valence-corrected chi connectivity index (χ4v) is 4.19. The van der Waals surface area contributed by atoms with Crippen LogP contribution < -0.4 is 5.32 Å². The van der Waals surface area contributed by atoms with Crippen LogP contribution in [0.1, 0.15) is 42.7 Å². The summed E-state index contributed by atoms with van der Waals surface area (Å²) >= 11 is 0. The maximum Gasteiger partial charge on any atom is 0.123 e. The summed E-state index contributed by atoms with van der Waals surface area (Å²) in [6.07, 6.45) is 4.86. The second-order valence-corrected chi connectivity index (χ2v) is 7.62. The summed E-state index contributed by atoms with van der Waals surface area (Å²) in [4.78, 5) is 2.57. The smallest absolute Gasteiger partial charge is 0.123 e. The Labute approximate surface area is 150 Å². The Balaban J connectivity index is 1.18. The van der Waals surface area contributed by atoms with E-state index in [1.165, 1.54) is 49.9 Å². The van der Waals surface area contributed by atoms with Crippen LogP contribution in [0.15, 0.2) is 54.6 Å².